The number of hydrogen-bond acceptors (Lipinski definition) is 6. The number of pyridine rings is 2. The van der Waals surface area contributed by atoms with Crippen LogP contribution in [0.5, 0.6) is 11.6 Å². The van der Waals surface area contributed by atoms with Gasteiger partial charge >= 0.3 is 0 Å². The van der Waals surface area contributed by atoms with Crippen molar-refractivity contribution in [3.63, 3.8) is 0 Å². The molecule has 0 unspecified atom stereocenters. The van der Waals surface area contributed by atoms with Crippen LogP contribution in [-0.4, -0.2) is 24.3 Å². The number of nitrogens with zero attached hydrogens (tertiary/aromatic N) is 1. The molecule has 2 heterocycles. The SMILES string of the molecule is Cc1cc(C)c(Oc2nc(-c3cccc(Cl)c3)ccc2C(=O)NS(=O)(=O)c2ccc[nH]c2=O)c(C)c1. The lowest BCUT2D eigenvalue weighted by atomic mass is 10.1. The van der Waals surface area contributed by atoms with Crippen LogP contribution in [0.4, 0.5) is 0 Å². The quantitative estimate of drug-likeness (QED) is 0.370. The van der Waals surface area contributed by atoms with Crippen molar-refractivity contribution >= 4 is 27.5 Å². The van der Waals surface area contributed by atoms with E-state index >= 15 is 0 Å². The molecule has 2 N–H and O–H groups in total. The minimum atomic E-state index is -4.46. The molecule has 0 bridgehead atoms. The largest absolute Gasteiger partial charge is 0.438 e. The van der Waals surface area contributed by atoms with Gasteiger partial charge in [-0.05, 0) is 68.3 Å². The Labute approximate surface area is 213 Å². The van der Waals surface area contributed by atoms with E-state index in [9.17, 15) is 18.0 Å². The molecule has 0 atom stereocenters. The van der Waals surface area contributed by atoms with Crippen LogP contribution in [0.1, 0.15) is 27.0 Å². The topological polar surface area (TPSA) is 118 Å². The summed E-state index contributed by atoms with van der Waals surface area (Å²) in [6.07, 6.45) is 1.29. The highest BCUT2D eigenvalue weighted by Crippen LogP contribution is 2.33. The molecule has 8 nitrogen and oxygen atoms in total. The first-order valence-corrected chi connectivity index (χ1v) is 12.7. The molecule has 0 aliphatic carbocycles. The summed E-state index contributed by atoms with van der Waals surface area (Å²) in [7, 11) is -4.46. The summed E-state index contributed by atoms with van der Waals surface area (Å²) in [4.78, 5) is 31.3. The van der Waals surface area contributed by atoms with E-state index in [-0.39, 0.29) is 11.4 Å². The van der Waals surface area contributed by atoms with Gasteiger partial charge in [0.25, 0.3) is 21.5 Å². The zero-order valence-corrected chi connectivity index (χ0v) is 21.2. The van der Waals surface area contributed by atoms with Gasteiger partial charge in [0.2, 0.25) is 5.88 Å². The van der Waals surface area contributed by atoms with Gasteiger partial charge in [-0.1, -0.05) is 41.4 Å². The predicted octanol–water partition coefficient (Wildman–Crippen LogP) is 4.93. The number of carbonyl (C=O) groups excluding carboxylic acids is 1. The monoisotopic (exact) mass is 523 g/mol. The van der Waals surface area contributed by atoms with Crippen molar-refractivity contribution in [3.05, 3.63) is 104 Å². The normalized spacial score (nSPS) is 11.2. The van der Waals surface area contributed by atoms with E-state index in [4.69, 9.17) is 16.3 Å². The number of carbonyl (C=O) groups is 1. The van der Waals surface area contributed by atoms with E-state index in [1.807, 2.05) is 37.6 Å². The van der Waals surface area contributed by atoms with E-state index in [1.165, 1.54) is 18.3 Å². The second kappa shape index (κ2) is 9.96. The number of amides is 1. The number of halogens is 1. The number of H-pyrrole nitrogens is 1. The van der Waals surface area contributed by atoms with Gasteiger partial charge < -0.3 is 9.72 Å². The Kier molecular flexibility index (Phi) is 6.96. The maximum Gasteiger partial charge on any atom is 0.270 e. The number of benzene rings is 2. The number of aromatic amines is 1. The summed E-state index contributed by atoms with van der Waals surface area (Å²) >= 11 is 6.13. The Bertz CT molecular complexity index is 1620. The molecule has 1 amide bonds. The minimum absolute atomic E-state index is 0.0998. The van der Waals surface area contributed by atoms with Crippen LogP contribution < -0.4 is 15.0 Å². The van der Waals surface area contributed by atoms with Gasteiger partial charge in [0.15, 0.2) is 4.90 Å². The van der Waals surface area contributed by atoms with Crippen LogP contribution in [0, 0.1) is 20.8 Å². The Morgan fingerprint density at radius 3 is 2.39 bits per heavy atom. The van der Waals surface area contributed by atoms with Crippen molar-refractivity contribution in [1.29, 1.82) is 0 Å². The highest BCUT2D eigenvalue weighted by atomic mass is 35.5. The maximum atomic E-state index is 13.1. The van der Waals surface area contributed by atoms with Gasteiger partial charge in [-0.15, -0.1) is 0 Å². The molecule has 2 aromatic heterocycles. The first-order valence-electron chi connectivity index (χ1n) is 10.8. The highest BCUT2D eigenvalue weighted by molar-refractivity contribution is 7.90. The lowest BCUT2D eigenvalue weighted by Gasteiger charge is -2.16. The third-order valence-electron chi connectivity index (χ3n) is 5.33. The van der Waals surface area contributed by atoms with Crippen molar-refractivity contribution in [1.82, 2.24) is 14.7 Å². The number of aryl methyl sites for hydroxylation is 3. The smallest absolute Gasteiger partial charge is 0.270 e. The molecule has 0 saturated heterocycles. The summed E-state index contributed by atoms with van der Waals surface area (Å²) in [5.41, 5.74) is 2.84. The van der Waals surface area contributed by atoms with Crippen molar-refractivity contribution in [2.24, 2.45) is 0 Å². The molecular weight excluding hydrogens is 502 g/mol. The van der Waals surface area contributed by atoms with Crippen molar-refractivity contribution < 1.29 is 17.9 Å². The molecule has 0 aliphatic heterocycles. The molecule has 0 fully saturated rings. The molecule has 10 heteroatoms. The van der Waals surface area contributed by atoms with Crippen molar-refractivity contribution in [2.45, 2.75) is 25.7 Å². The molecule has 184 valence electrons. The lowest BCUT2D eigenvalue weighted by Crippen LogP contribution is -2.34. The van der Waals surface area contributed by atoms with Crippen LogP contribution >= 0.6 is 11.6 Å². The standard InChI is InChI=1S/C26H22ClN3O5S/c1-15-12-16(2)23(17(3)13-15)35-26-20(9-10-21(29-26)18-6-4-7-19(27)14-18)24(31)30-36(33,34)22-8-5-11-28-25(22)32/h4-14H,1-3H3,(H,28,32)(H,30,31). The van der Waals surface area contributed by atoms with Crippen LogP contribution in [0.25, 0.3) is 11.3 Å². The van der Waals surface area contributed by atoms with E-state index in [2.05, 4.69) is 9.97 Å². The molecule has 36 heavy (non-hydrogen) atoms. The first kappa shape index (κ1) is 25.2. The van der Waals surface area contributed by atoms with Crippen molar-refractivity contribution in [2.75, 3.05) is 0 Å². The number of hydrogen-bond donors (Lipinski definition) is 2. The van der Waals surface area contributed by atoms with Gasteiger partial charge in [-0.25, -0.2) is 18.1 Å². The molecular formula is C26H22ClN3O5S. The summed E-state index contributed by atoms with van der Waals surface area (Å²) < 4.78 is 33.6. The van der Waals surface area contributed by atoms with Gasteiger partial charge in [-0.2, -0.15) is 0 Å². The average molecular weight is 524 g/mol. The summed E-state index contributed by atoms with van der Waals surface area (Å²) in [5, 5.41) is 0.503. The Morgan fingerprint density at radius 2 is 1.72 bits per heavy atom. The van der Waals surface area contributed by atoms with Gasteiger partial charge in [0.1, 0.15) is 11.3 Å². The van der Waals surface area contributed by atoms with E-state index < -0.39 is 26.4 Å². The molecule has 0 radical (unpaired) electrons. The first-order chi connectivity index (χ1) is 17.0. The third-order valence-corrected chi connectivity index (χ3v) is 6.92. The zero-order valence-electron chi connectivity index (χ0n) is 19.6. The number of sulfonamides is 1. The second-order valence-corrected chi connectivity index (χ2v) is 10.3. The van der Waals surface area contributed by atoms with Crippen LogP contribution in [0.15, 0.2) is 76.6 Å². The molecule has 0 aliphatic rings. The summed E-state index contributed by atoms with van der Waals surface area (Å²) in [5.74, 6) is -0.606. The average Bonchev–Trinajstić information content (AvgIpc) is 2.81. The van der Waals surface area contributed by atoms with Crippen LogP contribution in [0.2, 0.25) is 5.02 Å². The second-order valence-electron chi connectivity index (χ2n) is 8.19. The molecule has 4 aromatic rings. The summed E-state index contributed by atoms with van der Waals surface area (Å²) in [6, 6.07) is 16.3. The van der Waals surface area contributed by atoms with Gasteiger partial charge in [0.05, 0.1) is 5.69 Å². The molecule has 2 aromatic carbocycles. The molecule has 0 saturated carbocycles. The van der Waals surface area contributed by atoms with Gasteiger partial charge in [0, 0.05) is 16.8 Å². The Balaban J connectivity index is 1.80. The van der Waals surface area contributed by atoms with Gasteiger partial charge in [-0.3, -0.25) is 9.59 Å². The summed E-state index contributed by atoms with van der Waals surface area (Å²) in [6.45, 7) is 5.68. The van der Waals surface area contributed by atoms with Crippen molar-refractivity contribution in [3.8, 4) is 22.9 Å². The predicted molar refractivity (Wildman–Crippen MR) is 137 cm³/mol. The zero-order chi connectivity index (χ0) is 26.0. The minimum Gasteiger partial charge on any atom is -0.438 e. The van der Waals surface area contributed by atoms with E-state index in [0.717, 1.165) is 22.8 Å². The Hall–Kier alpha value is -3.95. The number of ether oxygens (including phenoxy) is 1. The van der Waals surface area contributed by atoms with Crippen LogP contribution in [0.3, 0.4) is 0 Å². The van der Waals surface area contributed by atoms with E-state index in [0.29, 0.717) is 22.0 Å². The Morgan fingerprint density at radius 1 is 1.00 bits per heavy atom. The third kappa shape index (κ3) is 5.32. The highest BCUT2D eigenvalue weighted by Gasteiger charge is 2.25. The number of rotatable bonds is 6. The fourth-order valence-corrected chi connectivity index (χ4v) is 4.99. The van der Waals surface area contributed by atoms with Crippen LogP contribution in [-0.2, 0) is 10.0 Å². The fraction of sp³-hybridized carbons (Fsp3) is 0.115. The lowest BCUT2D eigenvalue weighted by molar-refractivity contribution is 0.0978. The number of aromatic nitrogens is 2. The fourth-order valence-electron chi connectivity index (χ4n) is 3.77. The van der Waals surface area contributed by atoms with E-state index in [1.54, 1.807) is 30.3 Å². The molecule has 4 rings (SSSR count). The number of nitrogens with one attached hydrogen (secondary N) is 2. The maximum absolute atomic E-state index is 13.1. The molecule has 0 spiro atoms.